The molecule has 1 aliphatic rings. The summed E-state index contributed by atoms with van der Waals surface area (Å²) in [6.07, 6.45) is 8.32. The van der Waals surface area contributed by atoms with Crippen molar-refractivity contribution in [1.29, 1.82) is 0 Å². The highest BCUT2D eigenvalue weighted by molar-refractivity contribution is 7.11. The van der Waals surface area contributed by atoms with E-state index in [2.05, 4.69) is 5.32 Å². The van der Waals surface area contributed by atoms with E-state index in [4.69, 9.17) is 5.11 Å². The summed E-state index contributed by atoms with van der Waals surface area (Å²) in [7, 11) is 0. The first kappa shape index (κ1) is 13.8. The number of carbonyl (C=O) groups excluding carboxylic acids is 1. The Morgan fingerprint density at radius 1 is 1.32 bits per heavy atom. The van der Waals surface area contributed by atoms with Crippen LogP contribution in [-0.2, 0) is 4.79 Å². The van der Waals surface area contributed by atoms with Gasteiger partial charge in [-0.05, 0) is 25.0 Å². The Morgan fingerprint density at radius 3 is 2.74 bits per heavy atom. The molecule has 4 nitrogen and oxygen atoms in total. The molecule has 5 heteroatoms. The maximum atomic E-state index is 12.0. The van der Waals surface area contributed by atoms with E-state index in [1.807, 2.05) is 0 Å². The van der Waals surface area contributed by atoms with E-state index >= 15 is 0 Å². The Morgan fingerprint density at radius 2 is 2.05 bits per heavy atom. The van der Waals surface area contributed by atoms with Crippen LogP contribution in [-0.4, -0.2) is 23.0 Å². The second-order valence-electron chi connectivity index (χ2n) is 4.72. The molecule has 0 bridgehead atoms. The number of carbonyl (C=O) groups is 2. The molecule has 2 N–H and O–H groups in total. The third kappa shape index (κ3) is 4.21. The van der Waals surface area contributed by atoms with Gasteiger partial charge in [0.25, 0.3) is 5.91 Å². The smallest absolute Gasteiger partial charge is 0.328 e. The van der Waals surface area contributed by atoms with E-state index in [1.54, 1.807) is 11.4 Å². The van der Waals surface area contributed by atoms with Crippen LogP contribution >= 0.6 is 11.3 Å². The highest BCUT2D eigenvalue weighted by Crippen LogP contribution is 2.20. The average Bonchev–Trinajstić information content (AvgIpc) is 2.86. The van der Waals surface area contributed by atoms with Gasteiger partial charge in [0.1, 0.15) is 0 Å². The standard InChI is InChI=1S/C14H17NO3S/c16-13(17)7-6-12-8-10(9-19-12)14(18)15-11-4-2-1-3-5-11/h6-9,11H,1-5H2,(H,15,18)(H,16,17). The number of nitrogens with one attached hydrogen (secondary N) is 1. The van der Waals surface area contributed by atoms with Crippen LogP contribution in [0.15, 0.2) is 17.5 Å². The third-order valence-corrected chi connectivity index (χ3v) is 4.11. The van der Waals surface area contributed by atoms with Crippen LogP contribution in [0.4, 0.5) is 0 Å². The van der Waals surface area contributed by atoms with Gasteiger partial charge < -0.3 is 10.4 Å². The minimum absolute atomic E-state index is 0.0573. The first-order chi connectivity index (χ1) is 9.15. The summed E-state index contributed by atoms with van der Waals surface area (Å²) in [6, 6.07) is 2.02. The number of carboxylic acid groups (broad SMARTS) is 1. The molecular formula is C14H17NO3S. The molecule has 1 heterocycles. The summed E-state index contributed by atoms with van der Waals surface area (Å²) in [4.78, 5) is 23.2. The van der Waals surface area contributed by atoms with Gasteiger partial charge in [-0.3, -0.25) is 4.79 Å². The van der Waals surface area contributed by atoms with E-state index in [1.165, 1.54) is 36.7 Å². The molecule has 1 amide bonds. The zero-order chi connectivity index (χ0) is 13.7. The van der Waals surface area contributed by atoms with Crippen molar-refractivity contribution < 1.29 is 14.7 Å². The minimum atomic E-state index is -0.985. The van der Waals surface area contributed by atoms with Crippen molar-refractivity contribution in [3.05, 3.63) is 28.0 Å². The minimum Gasteiger partial charge on any atom is -0.478 e. The van der Waals surface area contributed by atoms with Crippen LogP contribution in [0.5, 0.6) is 0 Å². The Kier molecular flexibility index (Phi) is 4.74. The van der Waals surface area contributed by atoms with E-state index in [-0.39, 0.29) is 5.91 Å². The SMILES string of the molecule is O=C(O)C=Cc1cc(C(=O)NC2CCCCC2)cs1. The lowest BCUT2D eigenvalue weighted by Crippen LogP contribution is -2.35. The molecule has 0 spiro atoms. The number of aliphatic carboxylic acids is 1. The quantitative estimate of drug-likeness (QED) is 0.833. The van der Waals surface area contributed by atoms with Gasteiger partial charge in [-0.25, -0.2) is 4.79 Å². The average molecular weight is 279 g/mol. The lowest BCUT2D eigenvalue weighted by molar-refractivity contribution is -0.131. The number of carboxylic acids is 1. The molecule has 1 aromatic heterocycles. The van der Waals surface area contributed by atoms with Gasteiger partial charge in [0.15, 0.2) is 0 Å². The molecule has 1 aliphatic carbocycles. The molecule has 0 unspecified atom stereocenters. The molecule has 0 atom stereocenters. The molecule has 19 heavy (non-hydrogen) atoms. The normalized spacial score (nSPS) is 16.6. The fourth-order valence-corrected chi connectivity index (χ4v) is 3.01. The summed E-state index contributed by atoms with van der Waals surface area (Å²) in [6.45, 7) is 0. The monoisotopic (exact) mass is 279 g/mol. The molecular weight excluding hydrogens is 262 g/mol. The van der Waals surface area contributed by atoms with Crippen LogP contribution in [0.3, 0.4) is 0 Å². The van der Waals surface area contributed by atoms with Crippen molar-refractivity contribution >= 4 is 29.3 Å². The molecule has 1 fully saturated rings. The predicted molar refractivity (Wildman–Crippen MR) is 75.3 cm³/mol. The molecule has 102 valence electrons. The zero-order valence-electron chi connectivity index (χ0n) is 10.6. The Bertz CT molecular complexity index is 487. The topological polar surface area (TPSA) is 66.4 Å². The summed E-state index contributed by atoms with van der Waals surface area (Å²) < 4.78 is 0. The second-order valence-corrected chi connectivity index (χ2v) is 5.66. The first-order valence-electron chi connectivity index (χ1n) is 6.45. The van der Waals surface area contributed by atoms with Crippen molar-refractivity contribution in [3.63, 3.8) is 0 Å². The van der Waals surface area contributed by atoms with Crippen molar-refractivity contribution in [1.82, 2.24) is 5.32 Å². The van der Waals surface area contributed by atoms with Gasteiger partial charge in [-0.1, -0.05) is 19.3 Å². The van der Waals surface area contributed by atoms with Crippen LogP contribution in [0, 0.1) is 0 Å². The van der Waals surface area contributed by atoms with E-state index in [0.717, 1.165) is 23.8 Å². The molecule has 1 aromatic rings. The number of hydrogen-bond donors (Lipinski definition) is 2. The summed E-state index contributed by atoms with van der Waals surface area (Å²) in [5, 5.41) is 13.3. The lowest BCUT2D eigenvalue weighted by atomic mass is 9.95. The molecule has 0 aliphatic heterocycles. The largest absolute Gasteiger partial charge is 0.478 e. The van der Waals surface area contributed by atoms with Crippen molar-refractivity contribution in [3.8, 4) is 0 Å². The maximum absolute atomic E-state index is 12.0. The maximum Gasteiger partial charge on any atom is 0.328 e. The van der Waals surface area contributed by atoms with Crippen molar-refractivity contribution in [2.24, 2.45) is 0 Å². The fraction of sp³-hybridized carbons (Fsp3) is 0.429. The second kappa shape index (κ2) is 6.52. The molecule has 0 radical (unpaired) electrons. The number of thiophene rings is 1. The van der Waals surface area contributed by atoms with E-state index in [9.17, 15) is 9.59 Å². The Hall–Kier alpha value is -1.62. The summed E-state index contributed by atoms with van der Waals surface area (Å²) >= 11 is 1.37. The summed E-state index contributed by atoms with van der Waals surface area (Å²) in [5.41, 5.74) is 0.612. The number of hydrogen-bond acceptors (Lipinski definition) is 3. The highest BCUT2D eigenvalue weighted by atomic mass is 32.1. The van der Waals surface area contributed by atoms with Gasteiger partial charge >= 0.3 is 5.97 Å². The predicted octanol–water partition coefficient (Wildman–Crippen LogP) is 2.91. The van der Waals surface area contributed by atoms with E-state index < -0.39 is 5.97 Å². The Balaban J connectivity index is 1.93. The fourth-order valence-electron chi connectivity index (χ4n) is 2.23. The van der Waals surface area contributed by atoms with E-state index in [0.29, 0.717) is 11.6 Å². The van der Waals surface area contributed by atoms with Gasteiger partial charge in [0.05, 0.1) is 5.56 Å². The third-order valence-electron chi connectivity index (χ3n) is 3.21. The molecule has 0 saturated heterocycles. The number of rotatable bonds is 4. The number of amides is 1. The van der Waals surface area contributed by atoms with Crippen LogP contribution in [0.1, 0.15) is 47.3 Å². The van der Waals surface area contributed by atoms with Gasteiger partial charge in [-0.15, -0.1) is 11.3 Å². The molecule has 1 saturated carbocycles. The van der Waals surface area contributed by atoms with Gasteiger partial charge in [0.2, 0.25) is 0 Å². The highest BCUT2D eigenvalue weighted by Gasteiger charge is 2.17. The molecule has 2 rings (SSSR count). The first-order valence-corrected chi connectivity index (χ1v) is 7.33. The van der Waals surface area contributed by atoms with Gasteiger partial charge in [0, 0.05) is 22.4 Å². The van der Waals surface area contributed by atoms with Crippen molar-refractivity contribution in [2.75, 3.05) is 0 Å². The molecule has 0 aromatic carbocycles. The zero-order valence-corrected chi connectivity index (χ0v) is 11.4. The van der Waals surface area contributed by atoms with Crippen LogP contribution in [0.2, 0.25) is 0 Å². The van der Waals surface area contributed by atoms with Crippen LogP contribution < -0.4 is 5.32 Å². The summed E-state index contributed by atoms with van der Waals surface area (Å²) in [5.74, 6) is -1.04. The van der Waals surface area contributed by atoms with Crippen molar-refractivity contribution in [2.45, 2.75) is 38.1 Å². The van der Waals surface area contributed by atoms with Gasteiger partial charge in [-0.2, -0.15) is 0 Å². The Labute approximate surface area is 116 Å². The lowest BCUT2D eigenvalue weighted by Gasteiger charge is -2.22. The van der Waals surface area contributed by atoms with Crippen LogP contribution in [0.25, 0.3) is 6.08 Å².